The monoisotopic (exact) mass is 576 g/mol. The Kier molecular flexibility index (Phi) is 10.0. The Bertz CT molecular complexity index is 1300. The van der Waals surface area contributed by atoms with E-state index in [1.807, 2.05) is 25.6 Å². The summed E-state index contributed by atoms with van der Waals surface area (Å²) in [6.45, 7) is 3.79. The lowest BCUT2D eigenvalue weighted by molar-refractivity contribution is 0.197. The molecule has 2 aliphatic heterocycles. The minimum atomic E-state index is -3.81. The molecule has 2 aliphatic rings. The third-order valence-electron chi connectivity index (χ3n) is 5.81. The highest BCUT2D eigenvalue weighted by molar-refractivity contribution is 7.99. The van der Waals surface area contributed by atoms with Crippen LogP contribution in [0.25, 0.3) is 0 Å². The highest BCUT2D eigenvalue weighted by Crippen LogP contribution is 2.24. The Morgan fingerprint density at radius 1 is 0.667 bits per heavy atom. The van der Waals surface area contributed by atoms with Crippen LogP contribution in [0.2, 0.25) is 0 Å². The molecule has 2 saturated heterocycles. The van der Waals surface area contributed by atoms with E-state index in [9.17, 15) is 25.3 Å². The molecular formula is C24H32O8S4. The molecule has 0 N–H and O–H groups in total. The number of sulfone groups is 1. The van der Waals surface area contributed by atoms with Gasteiger partial charge in [-0.1, -0.05) is 35.4 Å². The van der Waals surface area contributed by atoms with Crippen LogP contribution >= 0.6 is 11.8 Å². The Labute approximate surface area is 219 Å². The number of thioether (sulfide) groups is 1. The predicted octanol–water partition coefficient (Wildman–Crippen LogP) is 3.87. The third kappa shape index (κ3) is 8.84. The number of aryl methyl sites for hydroxylation is 2. The third-order valence-corrected chi connectivity index (χ3v) is 11.3. The summed E-state index contributed by atoms with van der Waals surface area (Å²) in [5.74, 6) is 1.93. The van der Waals surface area contributed by atoms with Crippen LogP contribution < -0.4 is 0 Å². The van der Waals surface area contributed by atoms with E-state index in [0.717, 1.165) is 35.5 Å². The van der Waals surface area contributed by atoms with E-state index in [-0.39, 0.29) is 40.2 Å². The summed E-state index contributed by atoms with van der Waals surface area (Å²) in [4.78, 5) is 0.354. The first-order valence-corrected chi connectivity index (χ1v) is 17.4. The van der Waals surface area contributed by atoms with Gasteiger partial charge in [0, 0.05) is 0 Å². The topological polar surface area (TPSA) is 121 Å². The first-order valence-electron chi connectivity index (χ1n) is 11.6. The van der Waals surface area contributed by atoms with Crippen molar-refractivity contribution in [1.29, 1.82) is 0 Å². The predicted molar refractivity (Wildman–Crippen MR) is 141 cm³/mol. The highest BCUT2D eigenvalue weighted by Gasteiger charge is 2.29. The van der Waals surface area contributed by atoms with Crippen molar-refractivity contribution in [3.8, 4) is 0 Å². The molecule has 2 aromatic carbocycles. The van der Waals surface area contributed by atoms with Gasteiger partial charge in [-0.25, -0.2) is 8.42 Å². The molecule has 8 nitrogen and oxygen atoms in total. The second-order valence-electron chi connectivity index (χ2n) is 8.89. The Balaban J connectivity index is 0.000000202. The molecule has 0 saturated carbocycles. The average Bonchev–Trinajstić information content (AvgIpc) is 2.82. The lowest BCUT2D eigenvalue weighted by Gasteiger charge is -2.21. The van der Waals surface area contributed by atoms with Crippen LogP contribution in [0, 0.1) is 13.8 Å². The van der Waals surface area contributed by atoms with Gasteiger partial charge in [0.15, 0.2) is 9.84 Å². The van der Waals surface area contributed by atoms with Crippen LogP contribution in [-0.2, 0) is 38.4 Å². The van der Waals surface area contributed by atoms with E-state index in [1.54, 1.807) is 36.4 Å². The van der Waals surface area contributed by atoms with Crippen LogP contribution in [-0.4, -0.2) is 60.5 Å². The molecule has 2 aromatic rings. The Morgan fingerprint density at radius 3 is 1.42 bits per heavy atom. The van der Waals surface area contributed by atoms with Gasteiger partial charge in [-0.15, -0.1) is 0 Å². The molecular weight excluding hydrogens is 545 g/mol. The quantitative estimate of drug-likeness (QED) is 0.472. The second-order valence-corrected chi connectivity index (χ2v) is 15.6. The molecule has 0 aliphatic carbocycles. The number of hydrogen-bond donors (Lipinski definition) is 0. The molecule has 0 bridgehead atoms. The lowest BCUT2D eigenvalue weighted by atomic mass is 10.2. The van der Waals surface area contributed by atoms with Gasteiger partial charge in [-0.2, -0.15) is 28.6 Å². The van der Waals surface area contributed by atoms with Gasteiger partial charge in [0.05, 0.1) is 33.5 Å². The summed E-state index contributed by atoms with van der Waals surface area (Å²) in [6.07, 6.45) is 1.39. The molecule has 0 radical (unpaired) electrons. The van der Waals surface area contributed by atoms with Gasteiger partial charge in [-0.3, -0.25) is 8.37 Å². The zero-order valence-electron chi connectivity index (χ0n) is 20.3. The van der Waals surface area contributed by atoms with E-state index in [1.165, 1.54) is 12.1 Å². The van der Waals surface area contributed by atoms with E-state index in [0.29, 0.717) is 0 Å². The van der Waals surface area contributed by atoms with Gasteiger partial charge < -0.3 is 0 Å². The zero-order chi connectivity index (χ0) is 26.4. The maximum atomic E-state index is 12.0. The minimum Gasteiger partial charge on any atom is -0.263 e. The molecule has 0 unspecified atom stereocenters. The summed E-state index contributed by atoms with van der Waals surface area (Å²) in [5.41, 5.74) is 2.00. The van der Waals surface area contributed by atoms with Crippen molar-refractivity contribution in [1.82, 2.24) is 0 Å². The van der Waals surface area contributed by atoms with Crippen LogP contribution in [0.15, 0.2) is 58.3 Å². The molecule has 12 heteroatoms. The van der Waals surface area contributed by atoms with Crippen LogP contribution in [0.3, 0.4) is 0 Å². The summed E-state index contributed by atoms with van der Waals surface area (Å²) < 4.78 is 80.9. The van der Waals surface area contributed by atoms with Gasteiger partial charge in [-0.05, 0) is 75.3 Å². The van der Waals surface area contributed by atoms with E-state index < -0.39 is 36.2 Å². The summed E-state index contributed by atoms with van der Waals surface area (Å²) in [7, 11) is -10.4. The molecule has 200 valence electrons. The van der Waals surface area contributed by atoms with E-state index in [4.69, 9.17) is 8.37 Å². The molecule has 0 amide bonds. The normalized spacial score (nSPS) is 19.3. The minimum absolute atomic E-state index is 0.0128. The molecule has 0 aromatic heterocycles. The molecule has 4 rings (SSSR count). The Morgan fingerprint density at radius 2 is 1.03 bits per heavy atom. The summed E-state index contributed by atoms with van der Waals surface area (Å²) in [5, 5.41) is 0. The molecule has 0 spiro atoms. The number of hydrogen-bond acceptors (Lipinski definition) is 9. The molecule has 2 heterocycles. The van der Waals surface area contributed by atoms with Gasteiger partial charge in [0.2, 0.25) is 0 Å². The van der Waals surface area contributed by atoms with Crippen molar-refractivity contribution >= 4 is 41.8 Å². The number of benzene rings is 2. The standard InChI is InChI=1S/C12H16O5S2.C12H16O3S2/c1-10-2-4-12(5-3-10)19(15,16)17-11-6-8-18(13,14)9-7-11;1-10-2-4-12(5-3-10)17(13,14)15-11-6-8-16-9-7-11/h2-5,11H,6-9H2,1H3;2-5,11H,6-9H2,1H3. The first kappa shape index (κ1) is 29.1. The fourth-order valence-corrected chi connectivity index (χ4v) is 8.39. The van der Waals surface area contributed by atoms with Gasteiger partial charge in [0.1, 0.15) is 0 Å². The highest BCUT2D eigenvalue weighted by atomic mass is 32.2. The smallest absolute Gasteiger partial charge is 0.263 e. The average molecular weight is 577 g/mol. The summed E-state index contributed by atoms with van der Waals surface area (Å²) >= 11 is 1.85. The largest absolute Gasteiger partial charge is 0.297 e. The van der Waals surface area contributed by atoms with Crippen molar-refractivity contribution < 1.29 is 33.6 Å². The van der Waals surface area contributed by atoms with Crippen molar-refractivity contribution in [3.63, 3.8) is 0 Å². The Hall–Kier alpha value is -1.44. The second kappa shape index (κ2) is 12.4. The van der Waals surface area contributed by atoms with Crippen molar-refractivity contribution in [2.75, 3.05) is 23.0 Å². The zero-order valence-corrected chi connectivity index (χ0v) is 23.6. The lowest BCUT2D eigenvalue weighted by Crippen LogP contribution is -2.30. The fourth-order valence-electron chi connectivity index (χ4n) is 3.62. The van der Waals surface area contributed by atoms with Crippen molar-refractivity contribution in [3.05, 3.63) is 59.7 Å². The number of rotatable bonds is 6. The maximum absolute atomic E-state index is 12.0. The van der Waals surface area contributed by atoms with Crippen LogP contribution in [0.1, 0.15) is 36.8 Å². The van der Waals surface area contributed by atoms with Crippen LogP contribution in [0.4, 0.5) is 0 Å². The van der Waals surface area contributed by atoms with Gasteiger partial charge >= 0.3 is 0 Å². The first-order chi connectivity index (χ1) is 16.9. The summed E-state index contributed by atoms with van der Waals surface area (Å²) in [6, 6.07) is 13.1. The van der Waals surface area contributed by atoms with E-state index >= 15 is 0 Å². The molecule has 0 atom stereocenters. The fraction of sp³-hybridized carbons (Fsp3) is 0.500. The van der Waals surface area contributed by atoms with Crippen LogP contribution in [0.5, 0.6) is 0 Å². The van der Waals surface area contributed by atoms with Crippen molar-refractivity contribution in [2.24, 2.45) is 0 Å². The SMILES string of the molecule is Cc1ccc(S(=O)(=O)OC2CCS(=O)(=O)CC2)cc1.Cc1ccc(S(=O)(=O)OC2CCSCC2)cc1. The van der Waals surface area contributed by atoms with Gasteiger partial charge in [0.25, 0.3) is 20.2 Å². The van der Waals surface area contributed by atoms with Crippen molar-refractivity contribution in [2.45, 2.75) is 61.5 Å². The molecule has 36 heavy (non-hydrogen) atoms. The maximum Gasteiger partial charge on any atom is 0.297 e. The van der Waals surface area contributed by atoms with E-state index in [2.05, 4.69) is 0 Å². The molecule has 2 fully saturated rings.